The first-order chi connectivity index (χ1) is 27.4. The molecule has 0 saturated carbocycles. The Labute approximate surface area is 339 Å². The molecule has 0 N–H and O–H groups in total. The van der Waals surface area contributed by atoms with E-state index in [9.17, 15) is 0 Å². The van der Waals surface area contributed by atoms with Crippen LogP contribution in [0.1, 0.15) is 58.2 Å². The summed E-state index contributed by atoms with van der Waals surface area (Å²) < 4.78 is 2.64. The van der Waals surface area contributed by atoms with Crippen molar-refractivity contribution < 1.29 is 0 Å². The number of aromatic nitrogens is 1. The minimum atomic E-state index is -0.0316. The zero-order valence-electron chi connectivity index (χ0n) is 33.6. The average Bonchev–Trinajstić information content (AvgIpc) is 3.52. The van der Waals surface area contributed by atoms with Crippen LogP contribution in [0.4, 0.5) is 17.1 Å². The molecule has 0 unspecified atom stereocenters. The van der Waals surface area contributed by atoms with E-state index in [1.165, 1.54) is 120 Å². The predicted octanol–water partition coefficient (Wildman–Crippen LogP) is 12.7. The molecule has 0 radical (unpaired) electrons. The molecule has 1 aromatic heterocycles. The van der Waals surface area contributed by atoms with Gasteiger partial charge in [-0.25, -0.2) is 0 Å². The fourth-order valence-electron chi connectivity index (χ4n) is 10.2. The summed E-state index contributed by atoms with van der Waals surface area (Å²) in [5, 5.41) is 7.92. The number of hydrogen-bond donors (Lipinski definition) is 0. The summed E-state index contributed by atoms with van der Waals surface area (Å²) >= 11 is 1.96. The van der Waals surface area contributed by atoms with Crippen LogP contribution in [0.5, 0.6) is 0 Å². The lowest BCUT2D eigenvalue weighted by Gasteiger charge is -2.45. The molecule has 57 heavy (non-hydrogen) atoms. The monoisotopic (exact) mass is 750 g/mol. The van der Waals surface area contributed by atoms with Gasteiger partial charge in [-0.05, 0) is 126 Å². The Bertz CT molecular complexity index is 3250. The molecule has 0 bridgehead atoms. The summed E-state index contributed by atoms with van der Waals surface area (Å²) in [6, 6.07) is 51.6. The van der Waals surface area contributed by atoms with E-state index in [1.54, 1.807) is 0 Å². The average molecular weight is 751 g/mol. The van der Waals surface area contributed by atoms with E-state index in [4.69, 9.17) is 0 Å². The third-order valence-electron chi connectivity index (χ3n) is 13.1. The van der Waals surface area contributed by atoms with E-state index in [-0.39, 0.29) is 17.5 Å². The van der Waals surface area contributed by atoms with E-state index >= 15 is 0 Å². The highest BCUT2D eigenvalue weighted by molar-refractivity contribution is 7.99. The second-order valence-electron chi connectivity index (χ2n) is 18.7. The number of hydrogen-bond acceptors (Lipinski definition) is 2. The zero-order valence-corrected chi connectivity index (χ0v) is 34.4. The third-order valence-corrected chi connectivity index (χ3v) is 14.1. The van der Waals surface area contributed by atoms with E-state index in [1.807, 2.05) is 11.8 Å². The zero-order chi connectivity index (χ0) is 38.7. The molecular weight excluding hydrogens is 707 g/mol. The highest BCUT2D eigenvalue weighted by Gasteiger charge is 2.46. The predicted molar refractivity (Wildman–Crippen MR) is 247 cm³/mol. The van der Waals surface area contributed by atoms with Crippen LogP contribution in [0.2, 0.25) is 0 Å². The van der Waals surface area contributed by atoms with Gasteiger partial charge in [-0.3, -0.25) is 0 Å². The lowest BCUT2D eigenvalue weighted by atomic mass is 9.33. The summed E-state index contributed by atoms with van der Waals surface area (Å²) in [6.45, 7) is 16.4. The minimum Gasteiger partial charge on any atom is -0.310 e. The number of anilines is 3. The van der Waals surface area contributed by atoms with Gasteiger partial charge in [0.05, 0.1) is 16.9 Å². The highest BCUT2D eigenvalue weighted by Crippen LogP contribution is 2.55. The van der Waals surface area contributed by atoms with Gasteiger partial charge in [0.15, 0.2) is 0 Å². The Hall–Kier alpha value is -5.71. The maximum Gasteiger partial charge on any atom is 0.253 e. The van der Waals surface area contributed by atoms with Gasteiger partial charge in [0, 0.05) is 37.5 Å². The van der Waals surface area contributed by atoms with Crippen LogP contribution < -0.4 is 21.3 Å². The lowest BCUT2D eigenvalue weighted by molar-refractivity contribution is 0.588. The van der Waals surface area contributed by atoms with Crippen molar-refractivity contribution in [3.8, 4) is 16.8 Å². The lowest BCUT2D eigenvalue weighted by Crippen LogP contribution is -2.61. The number of benzene rings is 8. The van der Waals surface area contributed by atoms with Gasteiger partial charge in [0.1, 0.15) is 0 Å². The summed E-state index contributed by atoms with van der Waals surface area (Å²) in [5.74, 6) is 0. The Morgan fingerprint density at radius 1 is 0.509 bits per heavy atom. The number of nitrogens with zero attached hydrogens (tertiary/aromatic N) is 2. The molecule has 2 nitrogen and oxygen atoms in total. The molecule has 4 heteroatoms. The maximum atomic E-state index is 2.65. The van der Waals surface area contributed by atoms with Crippen LogP contribution in [-0.2, 0) is 10.8 Å². The van der Waals surface area contributed by atoms with E-state index in [0.717, 1.165) is 0 Å². The Morgan fingerprint density at radius 3 is 2.05 bits per heavy atom. The third kappa shape index (κ3) is 4.57. The van der Waals surface area contributed by atoms with E-state index < -0.39 is 0 Å². The molecule has 274 valence electrons. The Balaban J connectivity index is 1.31. The molecule has 12 rings (SSSR count). The van der Waals surface area contributed by atoms with Crippen molar-refractivity contribution in [1.29, 1.82) is 0 Å². The van der Waals surface area contributed by atoms with Gasteiger partial charge < -0.3 is 9.47 Å². The molecular formula is C53H43BN2S. The Kier molecular flexibility index (Phi) is 6.59. The molecule has 9 aromatic rings. The van der Waals surface area contributed by atoms with Crippen molar-refractivity contribution >= 4 is 95.3 Å². The normalized spacial score (nSPS) is 14.1. The van der Waals surface area contributed by atoms with Crippen molar-refractivity contribution in [2.75, 3.05) is 4.90 Å². The van der Waals surface area contributed by atoms with Crippen LogP contribution in [-0.4, -0.2) is 11.3 Å². The quantitative estimate of drug-likeness (QED) is 0.122. The SMILES string of the molecule is Cc1ccc2c3cc4c(ccc5ccccc54)c4c3n(c2c1)-c1cc(-c2ccccc2)cc2c1B4c1cc(C(C)(C)C)cc3c1N2c1ccc(C(C)(C)C)cc1S3. The van der Waals surface area contributed by atoms with Gasteiger partial charge in [-0.1, -0.05) is 144 Å². The first kappa shape index (κ1) is 33.4. The van der Waals surface area contributed by atoms with Crippen molar-refractivity contribution in [3.05, 3.63) is 150 Å². The van der Waals surface area contributed by atoms with E-state index in [2.05, 4.69) is 191 Å². The fraction of sp³-hybridized carbons (Fsp3) is 0.170. The molecule has 0 fully saturated rings. The second kappa shape index (κ2) is 11.2. The van der Waals surface area contributed by atoms with Crippen molar-refractivity contribution in [1.82, 2.24) is 4.57 Å². The summed E-state index contributed by atoms with van der Waals surface area (Å²) in [6.07, 6.45) is 0. The summed E-state index contributed by atoms with van der Waals surface area (Å²) in [5.41, 5.74) is 18.5. The van der Waals surface area contributed by atoms with Crippen molar-refractivity contribution in [3.63, 3.8) is 0 Å². The number of fused-ring (bicyclic) bond motifs is 13. The van der Waals surface area contributed by atoms with Gasteiger partial charge in [0.2, 0.25) is 0 Å². The van der Waals surface area contributed by atoms with Gasteiger partial charge in [-0.15, -0.1) is 0 Å². The first-order valence-corrected chi connectivity index (χ1v) is 21.2. The highest BCUT2D eigenvalue weighted by atomic mass is 32.2. The topological polar surface area (TPSA) is 8.17 Å². The molecule has 3 aliphatic rings. The summed E-state index contributed by atoms with van der Waals surface area (Å²) in [7, 11) is 0. The van der Waals surface area contributed by atoms with Crippen LogP contribution in [0.25, 0.3) is 60.2 Å². The van der Waals surface area contributed by atoms with Gasteiger partial charge in [-0.2, -0.15) is 0 Å². The second-order valence-corrected chi connectivity index (χ2v) is 19.8. The molecule has 0 amide bonds. The summed E-state index contributed by atoms with van der Waals surface area (Å²) in [4.78, 5) is 5.32. The smallest absolute Gasteiger partial charge is 0.253 e. The molecule has 3 aliphatic heterocycles. The fourth-order valence-corrected chi connectivity index (χ4v) is 11.4. The molecule has 4 heterocycles. The molecule has 0 spiro atoms. The van der Waals surface area contributed by atoms with Crippen LogP contribution in [0.15, 0.2) is 143 Å². The molecule has 8 aromatic carbocycles. The van der Waals surface area contributed by atoms with Crippen molar-refractivity contribution in [2.45, 2.75) is 69.1 Å². The first-order valence-electron chi connectivity index (χ1n) is 20.4. The van der Waals surface area contributed by atoms with Crippen LogP contribution in [0.3, 0.4) is 0 Å². The van der Waals surface area contributed by atoms with E-state index in [0.29, 0.717) is 0 Å². The standard InChI is InChI=1S/C53H43BN2S/c1-30-17-20-37-40-29-39-36-16-12-11-15-32(36)18-21-38(39)48-50(40)56(43(37)23-30)45-25-33(31-13-9-8-10-14-31)24-44-49(45)54(48)41-26-35(53(5,6)7)28-47-51(41)55(44)42-22-19-34(52(2,3)4)27-46(42)57-47/h8-29H,1-7H3. The minimum absolute atomic E-state index is 0.0316. The number of rotatable bonds is 1. The molecule has 0 saturated heterocycles. The van der Waals surface area contributed by atoms with Gasteiger partial charge in [0.25, 0.3) is 6.71 Å². The largest absolute Gasteiger partial charge is 0.310 e. The Morgan fingerprint density at radius 2 is 1.25 bits per heavy atom. The molecule has 0 aliphatic carbocycles. The maximum absolute atomic E-state index is 2.65. The van der Waals surface area contributed by atoms with Crippen molar-refractivity contribution in [2.24, 2.45) is 0 Å². The van der Waals surface area contributed by atoms with Gasteiger partial charge >= 0.3 is 0 Å². The van der Waals surface area contributed by atoms with Crippen LogP contribution in [0, 0.1) is 6.92 Å². The number of aryl methyl sites for hydroxylation is 1. The molecule has 0 atom stereocenters. The van der Waals surface area contributed by atoms with Crippen LogP contribution >= 0.6 is 11.8 Å².